The van der Waals surface area contributed by atoms with E-state index in [9.17, 15) is 5.11 Å². The first kappa shape index (κ1) is 9.19. The molecular formula is C10H16O3. The third-order valence-corrected chi connectivity index (χ3v) is 2.71. The summed E-state index contributed by atoms with van der Waals surface area (Å²) in [5, 5.41) is 9.42. The molecule has 0 amide bonds. The summed E-state index contributed by atoms with van der Waals surface area (Å²) in [6, 6.07) is 0. The molecule has 0 aromatic rings. The van der Waals surface area contributed by atoms with Crippen LogP contribution in [0.3, 0.4) is 0 Å². The molecule has 0 unspecified atom stereocenters. The maximum absolute atomic E-state index is 9.42. The van der Waals surface area contributed by atoms with E-state index in [2.05, 4.69) is 0 Å². The lowest BCUT2D eigenvalue weighted by Crippen LogP contribution is -2.36. The molecule has 1 aliphatic carbocycles. The Morgan fingerprint density at radius 1 is 1.46 bits per heavy atom. The second-order valence-electron chi connectivity index (χ2n) is 4.35. The van der Waals surface area contributed by atoms with Gasteiger partial charge in [-0.1, -0.05) is 12.2 Å². The van der Waals surface area contributed by atoms with Crippen LogP contribution in [-0.2, 0) is 9.47 Å². The van der Waals surface area contributed by atoms with Crippen LogP contribution in [0.5, 0.6) is 0 Å². The largest absolute Gasteiger partial charge is 0.389 e. The topological polar surface area (TPSA) is 38.7 Å². The summed E-state index contributed by atoms with van der Waals surface area (Å²) < 4.78 is 11.5. The monoisotopic (exact) mass is 184 g/mol. The van der Waals surface area contributed by atoms with Crippen molar-refractivity contribution in [3.05, 3.63) is 12.2 Å². The van der Waals surface area contributed by atoms with Crippen LogP contribution in [0.15, 0.2) is 12.2 Å². The van der Waals surface area contributed by atoms with Crippen molar-refractivity contribution in [2.24, 2.45) is 0 Å². The zero-order valence-corrected chi connectivity index (χ0v) is 8.28. The van der Waals surface area contributed by atoms with Crippen LogP contribution >= 0.6 is 0 Å². The fraction of sp³-hybridized carbons (Fsp3) is 0.800. The fourth-order valence-corrected chi connectivity index (χ4v) is 2.20. The zero-order chi connectivity index (χ0) is 9.69. The van der Waals surface area contributed by atoms with Gasteiger partial charge in [0.05, 0.1) is 12.2 Å². The van der Waals surface area contributed by atoms with E-state index in [-0.39, 0.29) is 12.2 Å². The Labute approximate surface area is 78.3 Å². The van der Waals surface area contributed by atoms with Gasteiger partial charge < -0.3 is 14.6 Å². The van der Waals surface area contributed by atoms with E-state index in [1.165, 1.54) is 0 Å². The number of ether oxygens (including phenoxy) is 2. The summed E-state index contributed by atoms with van der Waals surface area (Å²) in [5.41, 5.74) is -0.400. The minimum absolute atomic E-state index is 0.0101. The number of aliphatic hydroxyl groups excluding tert-OH is 1. The molecule has 0 saturated carbocycles. The van der Waals surface area contributed by atoms with E-state index < -0.39 is 11.4 Å². The van der Waals surface area contributed by atoms with Crippen LogP contribution < -0.4 is 0 Å². The van der Waals surface area contributed by atoms with Gasteiger partial charge in [0, 0.05) is 6.42 Å². The normalized spacial score (nSPS) is 47.7. The molecule has 0 aromatic carbocycles. The highest BCUT2D eigenvalue weighted by atomic mass is 16.8. The van der Waals surface area contributed by atoms with Gasteiger partial charge in [-0.15, -0.1) is 0 Å². The molecule has 1 heterocycles. The first-order valence-electron chi connectivity index (χ1n) is 4.69. The Morgan fingerprint density at radius 3 is 2.54 bits per heavy atom. The van der Waals surface area contributed by atoms with Gasteiger partial charge in [-0.2, -0.15) is 0 Å². The maximum atomic E-state index is 9.42. The van der Waals surface area contributed by atoms with Gasteiger partial charge in [0.1, 0.15) is 5.60 Å². The highest BCUT2D eigenvalue weighted by molar-refractivity contribution is 5.18. The predicted molar refractivity (Wildman–Crippen MR) is 48.2 cm³/mol. The van der Waals surface area contributed by atoms with Crippen LogP contribution in [0.25, 0.3) is 0 Å². The smallest absolute Gasteiger partial charge is 0.164 e. The van der Waals surface area contributed by atoms with Gasteiger partial charge in [-0.05, 0) is 20.8 Å². The molecule has 2 rings (SSSR count). The van der Waals surface area contributed by atoms with Gasteiger partial charge in [0.15, 0.2) is 5.79 Å². The third kappa shape index (κ3) is 1.41. The quantitative estimate of drug-likeness (QED) is 0.575. The van der Waals surface area contributed by atoms with Crippen molar-refractivity contribution < 1.29 is 14.6 Å². The lowest BCUT2D eigenvalue weighted by Gasteiger charge is -2.25. The molecule has 3 nitrogen and oxygen atoms in total. The van der Waals surface area contributed by atoms with E-state index in [1.807, 2.05) is 26.8 Å². The molecule has 2 aliphatic rings. The van der Waals surface area contributed by atoms with Crippen molar-refractivity contribution in [3.8, 4) is 0 Å². The molecule has 0 bridgehead atoms. The maximum Gasteiger partial charge on any atom is 0.164 e. The second kappa shape index (κ2) is 2.56. The van der Waals surface area contributed by atoms with Crippen molar-refractivity contribution in [1.29, 1.82) is 0 Å². The standard InChI is InChI=1S/C10H16O3/c1-7-10(5-4-8(11)6-10)13-9(2,3)12-7/h4-5,7-8,11H,6H2,1-3H3/t7-,8+,10-/m1/s1. The number of aliphatic hydroxyl groups is 1. The molecule has 1 aliphatic heterocycles. The van der Waals surface area contributed by atoms with Gasteiger partial charge in [0.25, 0.3) is 0 Å². The van der Waals surface area contributed by atoms with E-state index in [0.29, 0.717) is 6.42 Å². The molecule has 1 N–H and O–H groups in total. The van der Waals surface area contributed by atoms with Crippen LogP contribution in [0.1, 0.15) is 27.2 Å². The summed E-state index contributed by atoms with van der Waals surface area (Å²) in [6.45, 7) is 5.78. The van der Waals surface area contributed by atoms with Crippen LogP contribution in [0.2, 0.25) is 0 Å². The molecule has 1 spiro atoms. The average molecular weight is 184 g/mol. The summed E-state index contributed by atoms with van der Waals surface area (Å²) in [4.78, 5) is 0. The Bertz CT molecular complexity index is 247. The average Bonchev–Trinajstić information content (AvgIpc) is 2.39. The van der Waals surface area contributed by atoms with E-state index >= 15 is 0 Å². The number of rotatable bonds is 0. The Kier molecular flexibility index (Phi) is 1.81. The SMILES string of the molecule is C[C@H]1OC(C)(C)O[C@@]12C=C[C@H](O)C2. The lowest BCUT2D eigenvalue weighted by molar-refractivity contribution is -0.156. The highest BCUT2D eigenvalue weighted by Gasteiger charge is 2.52. The molecule has 0 radical (unpaired) electrons. The molecule has 3 heteroatoms. The van der Waals surface area contributed by atoms with E-state index in [1.54, 1.807) is 6.08 Å². The minimum atomic E-state index is -0.534. The second-order valence-corrected chi connectivity index (χ2v) is 4.35. The van der Waals surface area contributed by atoms with Gasteiger partial charge in [0.2, 0.25) is 0 Å². The van der Waals surface area contributed by atoms with Crippen LogP contribution in [-0.4, -0.2) is 28.7 Å². The molecule has 1 saturated heterocycles. The zero-order valence-electron chi connectivity index (χ0n) is 8.28. The third-order valence-electron chi connectivity index (χ3n) is 2.71. The van der Waals surface area contributed by atoms with Crippen molar-refractivity contribution >= 4 is 0 Å². The molecule has 13 heavy (non-hydrogen) atoms. The van der Waals surface area contributed by atoms with Gasteiger partial charge in [-0.25, -0.2) is 0 Å². The van der Waals surface area contributed by atoms with Crippen molar-refractivity contribution in [1.82, 2.24) is 0 Å². The first-order valence-corrected chi connectivity index (χ1v) is 4.69. The fourth-order valence-electron chi connectivity index (χ4n) is 2.20. The van der Waals surface area contributed by atoms with E-state index in [4.69, 9.17) is 9.47 Å². The molecule has 0 aromatic heterocycles. The number of hydrogen-bond acceptors (Lipinski definition) is 3. The Morgan fingerprint density at radius 2 is 2.15 bits per heavy atom. The van der Waals surface area contributed by atoms with Gasteiger partial charge in [-0.3, -0.25) is 0 Å². The Balaban J connectivity index is 2.22. The first-order chi connectivity index (χ1) is 5.94. The van der Waals surface area contributed by atoms with Crippen molar-refractivity contribution in [2.75, 3.05) is 0 Å². The number of hydrogen-bond donors (Lipinski definition) is 1. The summed E-state index contributed by atoms with van der Waals surface area (Å²) >= 11 is 0. The molecule has 1 fully saturated rings. The van der Waals surface area contributed by atoms with Crippen LogP contribution in [0, 0.1) is 0 Å². The highest BCUT2D eigenvalue weighted by Crippen LogP contribution is 2.43. The molecule has 74 valence electrons. The Hall–Kier alpha value is -0.380. The van der Waals surface area contributed by atoms with E-state index in [0.717, 1.165) is 0 Å². The van der Waals surface area contributed by atoms with Crippen LogP contribution in [0.4, 0.5) is 0 Å². The summed E-state index contributed by atoms with van der Waals surface area (Å²) in [6.07, 6.45) is 3.94. The predicted octanol–water partition coefficient (Wildman–Crippen LogP) is 1.22. The minimum Gasteiger partial charge on any atom is -0.389 e. The molecule has 3 atom stereocenters. The van der Waals surface area contributed by atoms with Crippen molar-refractivity contribution in [3.63, 3.8) is 0 Å². The lowest BCUT2D eigenvalue weighted by atomic mass is 9.97. The van der Waals surface area contributed by atoms with Crippen molar-refractivity contribution in [2.45, 2.75) is 50.8 Å². The molecular weight excluding hydrogens is 168 g/mol. The van der Waals surface area contributed by atoms with Gasteiger partial charge >= 0.3 is 0 Å². The summed E-state index contributed by atoms with van der Waals surface area (Å²) in [5.74, 6) is -0.534. The summed E-state index contributed by atoms with van der Waals surface area (Å²) in [7, 11) is 0.